The lowest BCUT2D eigenvalue weighted by Crippen LogP contribution is -2.53. The summed E-state index contributed by atoms with van der Waals surface area (Å²) in [5.74, 6) is 1.06. The van der Waals surface area contributed by atoms with Crippen molar-refractivity contribution in [2.24, 2.45) is 0 Å². The number of aromatic nitrogens is 1. The van der Waals surface area contributed by atoms with E-state index in [4.69, 9.17) is 9.72 Å². The molecule has 1 aliphatic heterocycles. The van der Waals surface area contributed by atoms with E-state index in [1.54, 1.807) is 0 Å². The lowest BCUT2D eigenvalue weighted by molar-refractivity contribution is 0.0639. The first-order valence-electron chi connectivity index (χ1n) is 7.15. The van der Waals surface area contributed by atoms with Crippen LogP contribution in [-0.4, -0.2) is 36.8 Å². The van der Waals surface area contributed by atoms with Crippen molar-refractivity contribution in [3.05, 3.63) is 23.9 Å². The summed E-state index contributed by atoms with van der Waals surface area (Å²) in [6.07, 6.45) is 1.15. The molecule has 0 aliphatic carbocycles. The summed E-state index contributed by atoms with van der Waals surface area (Å²) in [4.78, 5) is 7.12. The summed E-state index contributed by atoms with van der Waals surface area (Å²) in [5.41, 5.74) is 1.12. The molecule has 1 saturated heterocycles. The van der Waals surface area contributed by atoms with Gasteiger partial charge < -0.3 is 15.0 Å². The van der Waals surface area contributed by atoms with Gasteiger partial charge in [-0.2, -0.15) is 0 Å². The molecule has 0 bridgehead atoms. The number of hydrogen-bond acceptors (Lipinski definition) is 4. The summed E-state index contributed by atoms with van der Waals surface area (Å²) in [7, 11) is 0. The first-order valence-corrected chi connectivity index (χ1v) is 7.15. The molecule has 2 heterocycles. The van der Waals surface area contributed by atoms with E-state index in [2.05, 4.69) is 49.2 Å². The Bertz CT molecular complexity index is 406. The molecule has 0 aromatic carbocycles. The van der Waals surface area contributed by atoms with E-state index < -0.39 is 0 Å². The van der Waals surface area contributed by atoms with Crippen LogP contribution in [0.2, 0.25) is 0 Å². The van der Waals surface area contributed by atoms with Crippen LogP contribution in [-0.2, 0) is 11.3 Å². The topological polar surface area (TPSA) is 37.4 Å². The third kappa shape index (κ3) is 3.67. The average Bonchev–Trinajstić information content (AvgIpc) is 2.39. The van der Waals surface area contributed by atoms with E-state index in [0.717, 1.165) is 50.8 Å². The van der Waals surface area contributed by atoms with Gasteiger partial charge in [0.05, 0.1) is 24.4 Å². The van der Waals surface area contributed by atoms with Crippen LogP contribution in [0.3, 0.4) is 0 Å². The second-order valence-corrected chi connectivity index (χ2v) is 5.68. The van der Waals surface area contributed by atoms with Crippen molar-refractivity contribution in [2.75, 3.05) is 31.2 Å². The molecule has 1 fully saturated rings. The van der Waals surface area contributed by atoms with E-state index in [9.17, 15) is 0 Å². The van der Waals surface area contributed by atoms with Gasteiger partial charge in [-0.15, -0.1) is 0 Å². The second kappa shape index (κ2) is 6.35. The van der Waals surface area contributed by atoms with E-state index in [-0.39, 0.29) is 5.54 Å². The number of hydrogen-bond donors (Lipinski definition) is 1. The van der Waals surface area contributed by atoms with Gasteiger partial charge in [0.2, 0.25) is 0 Å². The minimum absolute atomic E-state index is 0.0146. The Morgan fingerprint density at radius 2 is 2.26 bits per heavy atom. The highest BCUT2D eigenvalue weighted by molar-refractivity contribution is 5.43. The SMILES string of the molecule is CCCNCc1cccc(N2CCOCC2(C)C)n1. The van der Waals surface area contributed by atoms with Gasteiger partial charge in [0.25, 0.3) is 0 Å². The molecule has 1 aliphatic rings. The molecule has 0 unspecified atom stereocenters. The minimum atomic E-state index is 0.0146. The molecule has 2 rings (SSSR count). The molecule has 1 aromatic heterocycles. The molecular formula is C15H25N3O. The number of morpholine rings is 1. The van der Waals surface area contributed by atoms with E-state index in [1.807, 2.05) is 0 Å². The summed E-state index contributed by atoms with van der Waals surface area (Å²) in [6.45, 7) is 10.9. The molecular weight excluding hydrogens is 238 g/mol. The zero-order valence-electron chi connectivity index (χ0n) is 12.3. The highest BCUT2D eigenvalue weighted by Crippen LogP contribution is 2.25. The number of ether oxygens (including phenoxy) is 1. The van der Waals surface area contributed by atoms with Gasteiger partial charge in [0.1, 0.15) is 5.82 Å². The Kier molecular flexibility index (Phi) is 4.77. The largest absolute Gasteiger partial charge is 0.377 e. The molecule has 19 heavy (non-hydrogen) atoms. The van der Waals surface area contributed by atoms with Crippen LogP contribution in [0.5, 0.6) is 0 Å². The summed E-state index contributed by atoms with van der Waals surface area (Å²) in [6, 6.07) is 6.27. The minimum Gasteiger partial charge on any atom is -0.377 e. The lowest BCUT2D eigenvalue weighted by atomic mass is 10.0. The first-order chi connectivity index (χ1) is 9.13. The Morgan fingerprint density at radius 1 is 1.42 bits per heavy atom. The van der Waals surface area contributed by atoms with Crippen LogP contribution < -0.4 is 10.2 Å². The lowest BCUT2D eigenvalue weighted by Gasteiger charge is -2.43. The van der Waals surface area contributed by atoms with Gasteiger partial charge in [0, 0.05) is 13.1 Å². The number of pyridine rings is 1. The van der Waals surface area contributed by atoms with E-state index in [1.165, 1.54) is 0 Å². The van der Waals surface area contributed by atoms with Crippen LogP contribution >= 0.6 is 0 Å². The van der Waals surface area contributed by atoms with Crippen LogP contribution in [0.15, 0.2) is 18.2 Å². The van der Waals surface area contributed by atoms with Gasteiger partial charge in [-0.3, -0.25) is 0 Å². The Balaban J connectivity index is 2.09. The highest BCUT2D eigenvalue weighted by Gasteiger charge is 2.31. The van der Waals surface area contributed by atoms with Crippen molar-refractivity contribution >= 4 is 5.82 Å². The maximum atomic E-state index is 5.56. The molecule has 4 heteroatoms. The van der Waals surface area contributed by atoms with Crippen molar-refractivity contribution in [1.82, 2.24) is 10.3 Å². The fourth-order valence-corrected chi connectivity index (χ4v) is 2.39. The number of nitrogens with one attached hydrogen (secondary N) is 1. The van der Waals surface area contributed by atoms with Crippen LogP contribution in [0.1, 0.15) is 32.9 Å². The summed E-state index contributed by atoms with van der Waals surface area (Å²) < 4.78 is 5.56. The number of rotatable bonds is 5. The molecule has 1 aromatic rings. The van der Waals surface area contributed by atoms with Crippen molar-refractivity contribution in [2.45, 2.75) is 39.3 Å². The van der Waals surface area contributed by atoms with Crippen molar-refractivity contribution in [3.63, 3.8) is 0 Å². The Hall–Kier alpha value is -1.13. The smallest absolute Gasteiger partial charge is 0.129 e. The summed E-state index contributed by atoms with van der Waals surface area (Å²) >= 11 is 0. The Labute approximate surface area is 116 Å². The fraction of sp³-hybridized carbons (Fsp3) is 0.667. The van der Waals surface area contributed by atoms with Gasteiger partial charge in [-0.1, -0.05) is 13.0 Å². The quantitative estimate of drug-likeness (QED) is 0.826. The van der Waals surface area contributed by atoms with E-state index in [0.29, 0.717) is 0 Å². The molecule has 0 radical (unpaired) electrons. The molecule has 4 nitrogen and oxygen atoms in total. The highest BCUT2D eigenvalue weighted by atomic mass is 16.5. The van der Waals surface area contributed by atoms with Crippen molar-refractivity contribution in [3.8, 4) is 0 Å². The zero-order valence-corrected chi connectivity index (χ0v) is 12.3. The van der Waals surface area contributed by atoms with Crippen molar-refractivity contribution < 1.29 is 4.74 Å². The maximum Gasteiger partial charge on any atom is 0.129 e. The van der Waals surface area contributed by atoms with Gasteiger partial charge in [-0.05, 0) is 38.9 Å². The standard InChI is InChI=1S/C15H25N3O/c1-4-8-16-11-13-6-5-7-14(17-13)18-9-10-19-12-15(18,2)3/h5-7,16H,4,8-12H2,1-3H3. The predicted molar refractivity (Wildman–Crippen MR) is 78.5 cm³/mol. The molecule has 1 N–H and O–H groups in total. The maximum absolute atomic E-state index is 5.56. The summed E-state index contributed by atoms with van der Waals surface area (Å²) in [5, 5.41) is 3.40. The molecule has 0 spiro atoms. The van der Waals surface area contributed by atoms with E-state index >= 15 is 0 Å². The zero-order chi connectivity index (χ0) is 13.7. The molecule has 0 atom stereocenters. The molecule has 0 saturated carbocycles. The second-order valence-electron chi connectivity index (χ2n) is 5.68. The van der Waals surface area contributed by atoms with Gasteiger partial charge in [-0.25, -0.2) is 4.98 Å². The normalized spacial score (nSPS) is 18.6. The fourth-order valence-electron chi connectivity index (χ4n) is 2.39. The molecule has 0 amide bonds. The Morgan fingerprint density at radius 3 is 3.00 bits per heavy atom. The van der Waals surface area contributed by atoms with Gasteiger partial charge >= 0.3 is 0 Å². The number of anilines is 1. The van der Waals surface area contributed by atoms with Gasteiger partial charge in [0.15, 0.2) is 0 Å². The van der Waals surface area contributed by atoms with Crippen LogP contribution in [0, 0.1) is 0 Å². The van der Waals surface area contributed by atoms with Crippen LogP contribution in [0.4, 0.5) is 5.82 Å². The predicted octanol–water partition coefficient (Wildman–Crippen LogP) is 2.20. The number of nitrogens with zero attached hydrogens (tertiary/aromatic N) is 2. The van der Waals surface area contributed by atoms with Crippen LogP contribution in [0.25, 0.3) is 0 Å². The van der Waals surface area contributed by atoms with Crippen molar-refractivity contribution in [1.29, 1.82) is 0 Å². The molecule has 106 valence electrons. The monoisotopic (exact) mass is 263 g/mol. The average molecular weight is 263 g/mol. The third-order valence-electron chi connectivity index (χ3n) is 3.45. The first kappa shape index (κ1) is 14.3. The third-order valence-corrected chi connectivity index (χ3v) is 3.45.